The number of rotatable bonds is 4. The van der Waals surface area contributed by atoms with Crippen LogP contribution in [0.1, 0.15) is 46.9 Å². The first-order valence-corrected chi connectivity index (χ1v) is 10.5. The lowest BCUT2D eigenvalue weighted by Gasteiger charge is -2.11. The number of nitrogens with zero attached hydrogens (tertiary/aromatic N) is 3. The van der Waals surface area contributed by atoms with Crippen LogP contribution in [0.15, 0.2) is 6.07 Å². The second-order valence-electron chi connectivity index (χ2n) is 7.26. The highest BCUT2D eigenvalue weighted by atomic mass is 32.2. The largest absolute Gasteiger partial charge is 0.352 e. The minimum Gasteiger partial charge on any atom is -0.352 e. The van der Waals surface area contributed by atoms with Crippen LogP contribution in [0.2, 0.25) is 0 Å². The number of aryl methyl sites for hydroxylation is 2. The van der Waals surface area contributed by atoms with Gasteiger partial charge >= 0.3 is 0 Å². The highest BCUT2D eigenvalue weighted by Gasteiger charge is 2.30. The van der Waals surface area contributed by atoms with Crippen molar-refractivity contribution < 1.29 is 13.2 Å². The molecule has 1 saturated heterocycles. The van der Waals surface area contributed by atoms with Crippen molar-refractivity contribution in [3.63, 3.8) is 0 Å². The van der Waals surface area contributed by atoms with E-state index in [9.17, 15) is 13.2 Å². The van der Waals surface area contributed by atoms with Gasteiger partial charge in [0.2, 0.25) is 0 Å². The maximum atomic E-state index is 12.8. The zero-order valence-electron chi connectivity index (χ0n) is 14.4. The van der Waals surface area contributed by atoms with E-state index < -0.39 is 9.84 Å². The number of pyridine rings is 1. The third-order valence-electron chi connectivity index (χ3n) is 5.11. The summed E-state index contributed by atoms with van der Waals surface area (Å²) in [7, 11) is -1.09. The van der Waals surface area contributed by atoms with Gasteiger partial charge < -0.3 is 5.32 Å². The van der Waals surface area contributed by atoms with Crippen LogP contribution in [0.25, 0.3) is 11.0 Å². The average Bonchev–Trinajstić information content (AvgIpc) is 3.29. The van der Waals surface area contributed by atoms with Gasteiger partial charge in [-0.05, 0) is 38.2 Å². The van der Waals surface area contributed by atoms with Crippen molar-refractivity contribution >= 4 is 26.8 Å². The zero-order chi connectivity index (χ0) is 17.8. The minimum atomic E-state index is -2.93. The second-order valence-corrected chi connectivity index (χ2v) is 9.48. The maximum absolute atomic E-state index is 12.8. The van der Waals surface area contributed by atoms with E-state index in [1.54, 1.807) is 4.68 Å². The summed E-state index contributed by atoms with van der Waals surface area (Å²) >= 11 is 0. The molecule has 4 rings (SSSR count). The molecule has 1 aliphatic carbocycles. The molecule has 1 saturated carbocycles. The number of nitrogens with one attached hydrogen (secondary N) is 1. The Balaban J connectivity index is 1.62. The SMILES string of the molecule is Cc1nn(C)c2nc(C3CC3)cc(C(=O)NC[C@@H]3CCS(=O)(=O)C3)c12. The fourth-order valence-electron chi connectivity index (χ4n) is 3.60. The quantitative estimate of drug-likeness (QED) is 0.885. The van der Waals surface area contributed by atoms with E-state index in [0.29, 0.717) is 24.4 Å². The van der Waals surface area contributed by atoms with Crippen molar-refractivity contribution in [2.45, 2.75) is 32.1 Å². The number of carbonyl (C=O) groups excluding carboxylic acids is 1. The van der Waals surface area contributed by atoms with Crippen molar-refractivity contribution in [2.24, 2.45) is 13.0 Å². The Bertz CT molecular complexity index is 960. The second kappa shape index (κ2) is 5.79. The van der Waals surface area contributed by atoms with Crippen molar-refractivity contribution in [2.75, 3.05) is 18.1 Å². The number of hydrogen-bond acceptors (Lipinski definition) is 5. The number of fused-ring (bicyclic) bond motifs is 1. The third-order valence-corrected chi connectivity index (χ3v) is 6.94. The van der Waals surface area contributed by atoms with E-state index in [1.807, 2.05) is 20.0 Å². The molecule has 134 valence electrons. The van der Waals surface area contributed by atoms with Gasteiger partial charge in [0, 0.05) is 25.2 Å². The molecule has 7 nitrogen and oxygen atoms in total. The number of carbonyl (C=O) groups is 1. The standard InChI is InChI=1S/C17H22N4O3S/c1-10-15-13(17(22)18-8-11-5-6-25(23,24)9-11)7-14(12-3-4-12)19-16(15)21(2)20-10/h7,11-12H,3-6,8-9H2,1-2H3,(H,18,22)/t11-/m0/s1. The third kappa shape index (κ3) is 3.15. The van der Waals surface area contributed by atoms with E-state index in [1.165, 1.54) is 0 Å². The van der Waals surface area contributed by atoms with E-state index in [-0.39, 0.29) is 23.3 Å². The molecule has 2 aromatic heterocycles. The Morgan fingerprint density at radius 2 is 2.12 bits per heavy atom. The Morgan fingerprint density at radius 1 is 1.36 bits per heavy atom. The van der Waals surface area contributed by atoms with Gasteiger partial charge in [0.1, 0.15) is 0 Å². The van der Waals surface area contributed by atoms with E-state index in [2.05, 4.69) is 10.4 Å². The molecule has 0 unspecified atom stereocenters. The normalized spacial score (nSPS) is 22.4. The van der Waals surface area contributed by atoms with Crippen LogP contribution in [0.5, 0.6) is 0 Å². The van der Waals surface area contributed by atoms with Gasteiger partial charge in [-0.15, -0.1) is 0 Å². The molecule has 8 heteroatoms. The maximum Gasteiger partial charge on any atom is 0.252 e. The van der Waals surface area contributed by atoms with Crippen molar-refractivity contribution in [1.82, 2.24) is 20.1 Å². The molecular formula is C17H22N4O3S. The van der Waals surface area contributed by atoms with Gasteiger partial charge in [0.05, 0.1) is 28.1 Å². The monoisotopic (exact) mass is 362 g/mol. The van der Waals surface area contributed by atoms with Crippen LogP contribution in [-0.4, -0.2) is 47.1 Å². The molecule has 0 bridgehead atoms. The molecule has 2 fully saturated rings. The van der Waals surface area contributed by atoms with E-state index in [0.717, 1.165) is 35.3 Å². The first-order chi connectivity index (χ1) is 11.8. The minimum absolute atomic E-state index is 0.00387. The van der Waals surface area contributed by atoms with E-state index >= 15 is 0 Å². The fourth-order valence-corrected chi connectivity index (χ4v) is 5.46. The molecule has 25 heavy (non-hydrogen) atoms. The fraction of sp³-hybridized carbons (Fsp3) is 0.588. The molecule has 1 N–H and O–H groups in total. The van der Waals surface area contributed by atoms with Crippen LogP contribution >= 0.6 is 0 Å². The Labute approximate surface area is 146 Å². The molecule has 2 aliphatic rings. The number of hydrogen-bond donors (Lipinski definition) is 1. The first kappa shape index (κ1) is 16.5. The van der Waals surface area contributed by atoms with Crippen molar-refractivity contribution in [1.29, 1.82) is 0 Å². The average molecular weight is 362 g/mol. The predicted octanol–water partition coefficient (Wildman–Crippen LogP) is 1.32. The number of aromatic nitrogens is 3. The summed E-state index contributed by atoms with van der Waals surface area (Å²) in [6, 6.07) is 1.88. The van der Waals surface area contributed by atoms with Crippen LogP contribution in [-0.2, 0) is 16.9 Å². The van der Waals surface area contributed by atoms with Crippen LogP contribution in [0, 0.1) is 12.8 Å². The lowest BCUT2D eigenvalue weighted by Crippen LogP contribution is -2.30. The van der Waals surface area contributed by atoms with E-state index in [4.69, 9.17) is 4.98 Å². The smallest absolute Gasteiger partial charge is 0.252 e. The number of amides is 1. The molecule has 0 radical (unpaired) electrons. The van der Waals surface area contributed by atoms with Crippen molar-refractivity contribution in [3.8, 4) is 0 Å². The lowest BCUT2D eigenvalue weighted by atomic mass is 10.1. The first-order valence-electron chi connectivity index (χ1n) is 8.67. The summed E-state index contributed by atoms with van der Waals surface area (Å²) < 4.78 is 24.9. The Morgan fingerprint density at radius 3 is 2.76 bits per heavy atom. The zero-order valence-corrected chi connectivity index (χ0v) is 15.3. The van der Waals surface area contributed by atoms with Gasteiger partial charge in [-0.2, -0.15) is 5.10 Å². The molecule has 1 amide bonds. The van der Waals surface area contributed by atoms with Gasteiger partial charge in [0.15, 0.2) is 15.5 Å². The van der Waals surface area contributed by atoms with Crippen LogP contribution in [0.3, 0.4) is 0 Å². The molecular weight excluding hydrogens is 340 g/mol. The summed E-state index contributed by atoms with van der Waals surface area (Å²) in [6.45, 7) is 2.26. The van der Waals surface area contributed by atoms with Gasteiger partial charge in [-0.3, -0.25) is 9.48 Å². The summed E-state index contributed by atoms with van der Waals surface area (Å²) in [5.41, 5.74) is 3.05. The number of sulfone groups is 1. The molecule has 1 atom stereocenters. The Kier molecular flexibility index (Phi) is 3.82. The summed E-state index contributed by atoms with van der Waals surface area (Å²) in [6.07, 6.45) is 2.83. The summed E-state index contributed by atoms with van der Waals surface area (Å²) in [5.74, 6) is 0.656. The van der Waals surface area contributed by atoms with Crippen LogP contribution in [0.4, 0.5) is 0 Å². The topological polar surface area (TPSA) is 93.9 Å². The molecule has 0 aromatic carbocycles. The summed E-state index contributed by atoms with van der Waals surface area (Å²) in [4.78, 5) is 17.5. The molecule has 3 heterocycles. The highest BCUT2D eigenvalue weighted by Crippen LogP contribution is 2.40. The van der Waals surface area contributed by atoms with Crippen LogP contribution < -0.4 is 5.32 Å². The lowest BCUT2D eigenvalue weighted by molar-refractivity contribution is 0.0950. The van der Waals surface area contributed by atoms with Gasteiger partial charge in [-0.25, -0.2) is 13.4 Å². The highest BCUT2D eigenvalue weighted by molar-refractivity contribution is 7.91. The molecule has 2 aromatic rings. The predicted molar refractivity (Wildman–Crippen MR) is 94.3 cm³/mol. The Hall–Kier alpha value is -1.96. The van der Waals surface area contributed by atoms with Gasteiger partial charge in [-0.1, -0.05) is 0 Å². The van der Waals surface area contributed by atoms with Gasteiger partial charge in [0.25, 0.3) is 5.91 Å². The summed E-state index contributed by atoms with van der Waals surface area (Å²) in [5, 5.41) is 8.11. The molecule has 0 spiro atoms. The van der Waals surface area contributed by atoms with Crippen molar-refractivity contribution in [3.05, 3.63) is 23.0 Å². The molecule has 1 aliphatic heterocycles.